The molecule has 0 aliphatic carbocycles. The van der Waals surface area contributed by atoms with Crippen LogP contribution in [0.1, 0.15) is 18.9 Å². The molecular formula is C13H19F2N3O2. The van der Waals surface area contributed by atoms with Gasteiger partial charge in [0.25, 0.3) is 0 Å². The van der Waals surface area contributed by atoms with Crippen molar-refractivity contribution in [2.24, 2.45) is 10.7 Å². The Morgan fingerprint density at radius 3 is 2.80 bits per heavy atom. The highest BCUT2D eigenvalue weighted by molar-refractivity contribution is 5.77. The molecule has 20 heavy (non-hydrogen) atoms. The van der Waals surface area contributed by atoms with Gasteiger partial charge < -0.3 is 20.5 Å². The lowest BCUT2D eigenvalue weighted by molar-refractivity contribution is -0.0504. The molecule has 112 valence electrons. The summed E-state index contributed by atoms with van der Waals surface area (Å²) in [6.45, 7) is -0.0614. The van der Waals surface area contributed by atoms with Crippen molar-refractivity contribution < 1.29 is 18.3 Å². The number of hydrogen-bond acceptors (Lipinski definition) is 3. The molecule has 1 aromatic carbocycles. The van der Waals surface area contributed by atoms with Crippen LogP contribution in [0.3, 0.4) is 0 Å². The smallest absolute Gasteiger partial charge is 0.387 e. The summed E-state index contributed by atoms with van der Waals surface area (Å²) in [6, 6.07) is 4.56. The van der Waals surface area contributed by atoms with Crippen LogP contribution in [-0.4, -0.2) is 26.2 Å². The zero-order valence-electron chi connectivity index (χ0n) is 11.5. The molecule has 7 heteroatoms. The van der Waals surface area contributed by atoms with Crippen LogP contribution < -0.4 is 20.5 Å². The van der Waals surface area contributed by atoms with Crippen molar-refractivity contribution in [2.45, 2.75) is 26.5 Å². The Kier molecular flexibility index (Phi) is 6.55. The maximum absolute atomic E-state index is 12.3. The zero-order valence-corrected chi connectivity index (χ0v) is 11.5. The lowest BCUT2D eigenvalue weighted by atomic mass is 10.2. The Morgan fingerprint density at radius 1 is 1.45 bits per heavy atom. The lowest BCUT2D eigenvalue weighted by Gasteiger charge is -2.11. The fraction of sp³-hybridized carbons (Fsp3) is 0.462. The molecule has 0 fully saturated rings. The minimum absolute atomic E-state index is 0.0628. The van der Waals surface area contributed by atoms with E-state index in [2.05, 4.69) is 15.0 Å². The first-order valence-corrected chi connectivity index (χ1v) is 6.22. The van der Waals surface area contributed by atoms with E-state index in [9.17, 15) is 8.78 Å². The zero-order chi connectivity index (χ0) is 15.0. The van der Waals surface area contributed by atoms with Crippen molar-refractivity contribution >= 4 is 5.96 Å². The predicted octanol–water partition coefficient (Wildman–Crippen LogP) is 2.11. The summed E-state index contributed by atoms with van der Waals surface area (Å²) in [6.07, 6.45) is 0.912. The molecule has 3 N–H and O–H groups in total. The Balaban J connectivity index is 2.84. The molecule has 0 bridgehead atoms. The second-order valence-corrected chi connectivity index (χ2v) is 3.98. The number of hydrogen-bond donors (Lipinski definition) is 2. The van der Waals surface area contributed by atoms with Crippen LogP contribution in [0.25, 0.3) is 0 Å². The molecule has 1 aromatic rings. The summed E-state index contributed by atoms with van der Waals surface area (Å²) >= 11 is 0. The molecule has 0 aliphatic heterocycles. The van der Waals surface area contributed by atoms with E-state index in [0.717, 1.165) is 6.42 Å². The summed E-state index contributed by atoms with van der Waals surface area (Å²) in [7, 11) is 1.49. The number of nitrogens with one attached hydrogen (secondary N) is 1. The summed E-state index contributed by atoms with van der Waals surface area (Å²) < 4.78 is 34.1. The van der Waals surface area contributed by atoms with Crippen LogP contribution in [0.4, 0.5) is 8.78 Å². The van der Waals surface area contributed by atoms with E-state index in [0.29, 0.717) is 17.9 Å². The highest BCUT2D eigenvalue weighted by Gasteiger charge is 2.10. The normalized spacial score (nSPS) is 11.6. The average molecular weight is 287 g/mol. The Bertz CT molecular complexity index is 453. The topological polar surface area (TPSA) is 68.9 Å². The second-order valence-electron chi connectivity index (χ2n) is 3.98. The monoisotopic (exact) mass is 287 g/mol. The van der Waals surface area contributed by atoms with Crippen LogP contribution in [-0.2, 0) is 6.54 Å². The highest BCUT2D eigenvalue weighted by atomic mass is 19.3. The fourth-order valence-corrected chi connectivity index (χ4v) is 1.50. The molecule has 0 amide bonds. The first-order valence-electron chi connectivity index (χ1n) is 6.22. The van der Waals surface area contributed by atoms with E-state index in [-0.39, 0.29) is 18.3 Å². The van der Waals surface area contributed by atoms with Gasteiger partial charge in [-0.25, -0.2) is 4.99 Å². The molecule has 5 nitrogen and oxygen atoms in total. The Morgan fingerprint density at radius 2 is 2.20 bits per heavy atom. The van der Waals surface area contributed by atoms with Gasteiger partial charge in [0.15, 0.2) is 5.96 Å². The third-order valence-corrected chi connectivity index (χ3v) is 2.46. The SMILES string of the molecule is CCCNC(N)=NCc1cc(OC)ccc1OC(F)F. The van der Waals surface area contributed by atoms with Gasteiger partial charge in [0.1, 0.15) is 11.5 Å². The molecule has 0 aromatic heterocycles. The first kappa shape index (κ1) is 16.0. The average Bonchev–Trinajstić information content (AvgIpc) is 2.43. The molecule has 1 rings (SSSR count). The van der Waals surface area contributed by atoms with Crippen molar-refractivity contribution in [3.05, 3.63) is 23.8 Å². The maximum Gasteiger partial charge on any atom is 0.387 e. The van der Waals surface area contributed by atoms with Crippen LogP contribution >= 0.6 is 0 Å². The van der Waals surface area contributed by atoms with Gasteiger partial charge in [-0.05, 0) is 24.6 Å². The number of ether oxygens (including phenoxy) is 2. The van der Waals surface area contributed by atoms with Crippen LogP contribution in [0.2, 0.25) is 0 Å². The van der Waals surface area contributed by atoms with Crippen molar-refractivity contribution in [3.63, 3.8) is 0 Å². The number of nitrogens with two attached hydrogens (primary N) is 1. The van der Waals surface area contributed by atoms with Gasteiger partial charge in [-0.15, -0.1) is 0 Å². The molecule has 0 saturated carbocycles. The quantitative estimate of drug-likeness (QED) is 0.595. The number of methoxy groups -OCH3 is 1. The number of guanidine groups is 1. The van der Waals surface area contributed by atoms with E-state index in [1.165, 1.54) is 13.2 Å². The fourth-order valence-electron chi connectivity index (χ4n) is 1.50. The van der Waals surface area contributed by atoms with Crippen molar-refractivity contribution in [1.82, 2.24) is 5.32 Å². The van der Waals surface area contributed by atoms with Crippen molar-refractivity contribution in [3.8, 4) is 11.5 Å². The van der Waals surface area contributed by atoms with Gasteiger partial charge in [0, 0.05) is 12.1 Å². The number of alkyl halides is 2. The number of nitrogens with zero attached hydrogens (tertiary/aromatic N) is 1. The standard InChI is InChI=1S/C13H19F2N3O2/c1-3-6-17-13(16)18-8-9-7-10(19-2)4-5-11(9)20-12(14)15/h4-5,7,12H,3,6,8H2,1-2H3,(H3,16,17,18). The van der Waals surface area contributed by atoms with Gasteiger partial charge in [-0.1, -0.05) is 6.92 Å². The van der Waals surface area contributed by atoms with Gasteiger partial charge in [0.2, 0.25) is 0 Å². The molecule has 0 spiro atoms. The van der Waals surface area contributed by atoms with Gasteiger partial charge in [-0.2, -0.15) is 8.78 Å². The highest BCUT2D eigenvalue weighted by Crippen LogP contribution is 2.26. The predicted molar refractivity (Wildman–Crippen MR) is 73.2 cm³/mol. The van der Waals surface area contributed by atoms with E-state index < -0.39 is 6.61 Å². The summed E-state index contributed by atoms with van der Waals surface area (Å²) in [5.74, 6) is 0.863. The summed E-state index contributed by atoms with van der Waals surface area (Å²) in [4.78, 5) is 4.08. The van der Waals surface area contributed by atoms with Gasteiger partial charge >= 0.3 is 6.61 Å². The summed E-state index contributed by atoms with van der Waals surface area (Å²) in [5, 5.41) is 2.90. The molecular weight excluding hydrogens is 268 g/mol. The van der Waals surface area contributed by atoms with E-state index in [1.54, 1.807) is 12.1 Å². The molecule has 0 unspecified atom stereocenters. The Hall–Kier alpha value is -2.05. The molecule has 0 heterocycles. The van der Waals surface area contributed by atoms with Gasteiger partial charge in [-0.3, -0.25) is 0 Å². The van der Waals surface area contributed by atoms with E-state index >= 15 is 0 Å². The number of aliphatic imine (C=N–C) groups is 1. The molecule has 0 atom stereocenters. The van der Waals surface area contributed by atoms with Crippen molar-refractivity contribution in [1.29, 1.82) is 0 Å². The van der Waals surface area contributed by atoms with Crippen LogP contribution in [0, 0.1) is 0 Å². The molecule has 0 radical (unpaired) electrons. The minimum Gasteiger partial charge on any atom is -0.497 e. The third kappa shape index (κ3) is 5.29. The van der Waals surface area contributed by atoms with E-state index in [1.807, 2.05) is 6.92 Å². The van der Waals surface area contributed by atoms with Gasteiger partial charge in [0.05, 0.1) is 13.7 Å². The lowest BCUT2D eigenvalue weighted by Crippen LogP contribution is -2.32. The molecule has 0 saturated heterocycles. The minimum atomic E-state index is -2.89. The second kappa shape index (κ2) is 8.19. The Labute approximate surface area is 116 Å². The van der Waals surface area contributed by atoms with Crippen molar-refractivity contribution in [2.75, 3.05) is 13.7 Å². The largest absolute Gasteiger partial charge is 0.497 e. The van der Waals surface area contributed by atoms with E-state index in [4.69, 9.17) is 10.5 Å². The van der Waals surface area contributed by atoms with Crippen LogP contribution in [0.15, 0.2) is 23.2 Å². The number of halogens is 2. The number of rotatable bonds is 7. The maximum atomic E-state index is 12.3. The first-order chi connectivity index (χ1) is 9.56. The summed E-state index contributed by atoms with van der Waals surface area (Å²) in [5.41, 5.74) is 6.13. The number of benzene rings is 1. The third-order valence-electron chi connectivity index (χ3n) is 2.46. The molecule has 0 aliphatic rings. The van der Waals surface area contributed by atoms with Crippen LogP contribution in [0.5, 0.6) is 11.5 Å².